The Morgan fingerprint density at radius 2 is 1.83 bits per heavy atom. The van der Waals surface area contributed by atoms with Gasteiger partial charge in [0, 0.05) is 35.4 Å². The number of urea groups is 1. The van der Waals surface area contributed by atoms with Gasteiger partial charge in [0.1, 0.15) is 5.82 Å². The molecule has 1 fully saturated rings. The molecule has 1 heterocycles. The van der Waals surface area contributed by atoms with Gasteiger partial charge in [-0.3, -0.25) is 4.98 Å². The first-order chi connectivity index (χ1) is 14.0. The Bertz CT molecular complexity index is 1020. The number of carbonyl (C=O) groups excluding carboxylic acids is 1. The van der Waals surface area contributed by atoms with Crippen molar-refractivity contribution in [2.24, 2.45) is 0 Å². The second-order valence-corrected chi connectivity index (χ2v) is 8.05. The SMILES string of the molecule is CN(C(=O)Nc1ccc(Cl)cc1)[C@H]1CC[C@@H](c2ccnc3ccc(F)cc32)CC1. The van der Waals surface area contributed by atoms with Gasteiger partial charge in [-0.25, -0.2) is 9.18 Å². The smallest absolute Gasteiger partial charge is 0.321 e. The molecule has 4 nitrogen and oxygen atoms in total. The van der Waals surface area contributed by atoms with Crippen molar-refractivity contribution in [3.05, 3.63) is 71.1 Å². The van der Waals surface area contributed by atoms with Crippen LogP contribution in [0.5, 0.6) is 0 Å². The fourth-order valence-electron chi connectivity index (χ4n) is 4.18. The van der Waals surface area contributed by atoms with Crippen LogP contribution in [0.25, 0.3) is 10.9 Å². The normalized spacial score (nSPS) is 19.1. The van der Waals surface area contributed by atoms with E-state index in [0.717, 1.165) is 47.8 Å². The maximum Gasteiger partial charge on any atom is 0.321 e. The molecular formula is C23H23ClFN3O. The van der Waals surface area contributed by atoms with E-state index < -0.39 is 0 Å². The first kappa shape index (κ1) is 19.6. The highest BCUT2D eigenvalue weighted by Gasteiger charge is 2.28. The number of nitrogens with one attached hydrogen (secondary N) is 1. The van der Waals surface area contributed by atoms with Gasteiger partial charge < -0.3 is 10.2 Å². The number of amides is 2. The van der Waals surface area contributed by atoms with Gasteiger partial charge in [-0.15, -0.1) is 0 Å². The quantitative estimate of drug-likeness (QED) is 0.556. The van der Waals surface area contributed by atoms with Crippen molar-refractivity contribution in [3.63, 3.8) is 0 Å². The summed E-state index contributed by atoms with van der Waals surface area (Å²) in [6, 6.07) is 13.9. The van der Waals surface area contributed by atoms with E-state index in [1.165, 1.54) is 6.07 Å². The highest BCUT2D eigenvalue weighted by Crippen LogP contribution is 2.37. The van der Waals surface area contributed by atoms with Crippen molar-refractivity contribution in [2.45, 2.75) is 37.6 Å². The van der Waals surface area contributed by atoms with E-state index in [1.807, 2.05) is 13.1 Å². The first-order valence-corrected chi connectivity index (χ1v) is 10.2. The Kier molecular flexibility index (Phi) is 5.67. The number of carbonyl (C=O) groups is 1. The summed E-state index contributed by atoms with van der Waals surface area (Å²) in [7, 11) is 1.84. The second-order valence-electron chi connectivity index (χ2n) is 7.62. The number of halogens is 2. The summed E-state index contributed by atoms with van der Waals surface area (Å²) < 4.78 is 13.8. The molecule has 0 spiro atoms. The molecule has 1 N–H and O–H groups in total. The summed E-state index contributed by atoms with van der Waals surface area (Å²) >= 11 is 5.89. The van der Waals surface area contributed by atoms with Crippen molar-refractivity contribution in [3.8, 4) is 0 Å². The van der Waals surface area contributed by atoms with Crippen LogP contribution in [0.3, 0.4) is 0 Å². The van der Waals surface area contributed by atoms with Gasteiger partial charge in [0.15, 0.2) is 0 Å². The Balaban J connectivity index is 1.41. The fraction of sp³-hybridized carbons (Fsp3) is 0.304. The van der Waals surface area contributed by atoms with Crippen molar-refractivity contribution >= 4 is 34.2 Å². The molecule has 0 unspecified atom stereocenters. The Morgan fingerprint density at radius 3 is 2.55 bits per heavy atom. The number of aromatic nitrogens is 1. The zero-order chi connectivity index (χ0) is 20.4. The molecule has 4 rings (SSSR count). The third-order valence-electron chi connectivity index (χ3n) is 5.84. The number of hydrogen-bond acceptors (Lipinski definition) is 2. The minimum Gasteiger partial charge on any atom is -0.325 e. The first-order valence-electron chi connectivity index (χ1n) is 9.85. The Labute approximate surface area is 174 Å². The third-order valence-corrected chi connectivity index (χ3v) is 6.09. The standard InChI is InChI=1S/C23H23ClFN3O/c1-28(23(29)27-18-7-4-16(24)5-8-18)19-9-2-15(3-10-19)20-12-13-26-22-11-6-17(25)14-21(20)22/h4-8,11-15,19H,2-3,9-10H2,1H3,(H,27,29)/t15-,19+. The van der Waals surface area contributed by atoms with Crippen molar-refractivity contribution in [1.29, 1.82) is 0 Å². The van der Waals surface area contributed by atoms with Crippen LogP contribution in [0.2, 0.25) is 5.02 Å². The molecular weight excluding hydrogens is 389 g/mol. The van der Waals surface area contributed by atoms with Gasteiger partial charge in [-0.2, -0.15) is 0 Å². The lowest BCUT2D eigenvalue weighted by molar-refractivity contribution is 0.182. The number of rotatable bonds is 3. The van der Waals surface area contributed by atoms with Gasteiger partial charge in [-0.1, -0.05) is 11.6 Å². The van der Waals surface area contributed by atoms with Crippen LogP contribution >= 0.6 is 11.6 Å². The summed E-state index contributed by atoms with van der Waals surface area (Å²) in [5.74, 6) is 0.116. The Morgan fingerprint density at radius 1 is 1.10 bits per heavy atom. The number of fused-ring (bicyclic) bond motifs is 1. The van der Waals surface area contributed by atoms with Crippen LogP contribution in [-0.2, 0) is 0 Å². The maximum atomic E-state index is 13.8. The lowest BCUT2D eigenvalue weighted by Gasteiger charge is -2.35. The molecule has 1 aliphatic rings. The summed E-state index contributed by atoms with van der Waals surface area (Å²) in [4.78, 5) is 18.7. The molecule has 2 aromatic carbocycles. The van der Waals surface area contributed by atoms with Crippen molar-refractivity contribution in [1.82, 2.24) is 9.88 Å². The maximum absolute atomic E-state index is 13.8. The van der Waals surface area contributed by atoms with E-state index in [9.17, 15) is 9.18 Å². The topological polar surface area (TPSA) is 45.2 Å². The van der Waals surface area contributed by atoms with E-state index in [2.05, 4.69) is 10.3 Å². The molecule has 3 aromatic rings. The van der Waals surface area contributed by atoms with E-state index in [1.54, 1.807) is 47.5 Å². The molecule has 150 valence electrons. The largest absolute Gasteiger partial charge is 0.325 e. The van der Waals surface area contributed by atoms with Crippen molar-refractivity contribution in [2.75, 3.05) is 12.4 Å². The molecule has 6 heteroatoms. The summed E-state index contributed by atoms with van der Waals surface area (Å²) in [6.07, 6.45) is 5.54. The highest BCUT2D eigenvalue weighted by atomic mass is 35.5. The van der Waals surface area contributed by atoms with Gasteiger partial charge in [0.25, 0.3) is 0 Å². The predicted molar refractivity (Wildman–Crippen MR) is 115 cm³/mol. The number of nitrogens with zero attached hydrogens (tertiary/aromatic N) is 2. The zero-order valence-corrected chi connectivity index (χ0v) is 17.0. The number of hydrogen-bond donors (Lipinski definition) is 1. The molecule has 2 amide bonds. The summed E-state index contributed by atoms with van der Waals surface area (Å²) in [6.45, 7) is 0. The lowest BCUT2D eigenvalue weighted by Crippen LogP contribution is -2.41. The second kappa shape index (κ2) is 8.37. The van der Waals surface area contributed by atoms with Crippen LogP contribution in [0, 0.1) is 5.82 Å². The molecule has 1 aliphatic carbocycles. The average molecular weight is 412 g/mol. The highest BCUT2D eigenvalue weighted by molar-refractivity contribution is 6.30. The van der Waals surface area contributed by atoms with Gasteiger partial charge in [0.05, 0.1) is 5.52 Å². The summed E-state index contributed by atoms with van der Waals surface area (Å²) in [5.41, 5.74) is 2.71. The van der Waals surface area contributed by atoms with Crippen LogP contribution in [0.1, 0.15) is 37.2 Å². The monoisotopic (exact) mass is 411 g/mol. The molecule has 0 aliphatic heterocycles. The molecule has 1 saturated carbocycles. The fourth-order valence-corrected chi connectivity index (χ4v) is 4.31. The number of benzene rings is 2. The molecule has 29 heavy (non-hydrogen) atoms. The third kappa shape index (κ3) is 4.35. The van der Waals surface area contributed by atoms with Gasteiger partial charge in [-0.05, 0) is 85.7 Å². The van der Waals surface area contributed by atoms with E-state index in [0.29, 0.717) is 10.9 Å². The van der Waals surface area contributed by atoms with Crippen LogP contribution in [0.15, 0.2) is 54.7 Å². The molecule has 0 radical (unpaired) electrons. The summed E-state index contributed by atoms with van der Waals surface area (Å²) in [5, 5.41) is 4.45. The van der Waals surface area contributed by atoms with Gasteiger partial charge in [0.2, 0.25) is 0 Å². The predicted octanol–water partition coefficient (Wildman–Crippen LogP) is 6.22. The van der Waals surface area contributed by atoms with Crippen LogP contribution in [-0.4, -0.2) is 29.0 Å². The molecule has 1 aromatic heterocycles. The van der Waals surface area contributed by atoms with Gasteiger partial charge >= 0.3 is 6.03 Å². The minimum absolute atomic E-state index is 0.118. The number of pyridine rings is 1. The van der Waals surface area contributed by atoms with Crippen LogP contribution < -0.4 is 5.32 Å². The average Bonchev–Trinajstić information content (AvgIpc) is 2.74. The van der Waals surface area contributed by atoms with E-state index in [-0.39, 0.29) is 17.9 Å². The molecule has 0 atom stereocenters. The van der Waals surface area contributed by atoms with E-state index >= 15 is 0 Å². The number of anilines is 1. The van der Waals surface area contributed by atoms with Crippen LogP contribution in [0.4, 0.5) is 14.9 Å². The zero-order valence-electron chi connectivity index (χ0n) is 16.2. The molecule has 0 saturated heterocycles. The molecule has 0 bridgehead atoms. The van der Waals surface area contributed by atoms with Crippen molar-refractivity contribution < 1.29 is 9.18 Å². The Hall–Kier alpha value is -2.66. The lowest BCUT2D eigenvalue weighted by atomic mass is 9.80. The van der Waals surface area contributed by atoms with E-state index in [4.69, 9.17) is 11.6 Å². The minimum atomic E-state index is -0.237.